The third-order valence-electron chi connectivity index (χ3n) is 3.43. The van der Waals surface area contributed by atoms with E-state index in [0.717, 1.165) is 22.9 Å². The SMILES string of the molecule is Cc1cccc(NC(=O)COC(=O)CSc2ccccc2F)c1C. The third-order valence-corrected chi connectivity index (χ3v) is 4.45. The molecule has 1 N–H and O–H groups in total. The number of carbonyl (C=O) groups excluding carboxylic acids is 2. The van der Waals surface area contributed by atoms with Crippen LogP contribution in [0.5, 0.6) is 0 Å². The fourth-order valence-electron chi connectivity index (χ4n) is 1.96. The molecule has 0 saturated heterocycles. The van der Waals surface area contributed by atoms with Crippen LogP contribution in [0.25, 0.3) is 0 Å². The predicted octanol–water partition coefficient (Wildman–Crippen LogP) is 3.72. The van der Waals surface area contributed by atoms with Crippen molar-refractivity contribution < 1.29 is 18.7 Å². The monoisotopic (exact) mass is 347 g/mol. The fraction of sp³-hybridized carbons (Fsp3) is 0.222. The van der Waals surface area contributed by atoms with E-state index >= 15 is 0 Å². The minimum Gasteiger partial charge on any atom is -0.455 e. The molecule has 0 aliphatic heterocycles. The topological polar surface area (TPSA) is 55.4 Å². The normalized spacial score (nSPS) is 10.3. The van der Waals surface area contributed by atoms with Crippen LogP contribution in [0.1, 0.15) is 11.1 Å². The van der Waals surface area contributed by atoms with E-state index in [4.69, 9.17) is 4.74 Å². The second kappa shape index (κ2) is 8.49. The maximum absolute atomic E-state index is 13.4. The van der Waals surface area contributed by atoms with Crippen LogP contribution >= 0.6 is 11.8 Å². The van der Waals surface area contributed by atoms with Crippen molar-refractivity contribution in [1.82, 2.24) is 0 Å². The van der Waals surface area contributed by atoms with Crippen LogP contribution in [0.15, 0.2) is 47.4 Å². The quantitative estimate of drug-likeness (QED) is 0.639. The van der Waals surface area contributed by atoms with Gasteiger partial charge in [0.2, 0.25) is 0 Å². The lowest BCUT2D eigenvalue weighted by Gasteiger charge is -2.10. The highest BCUT2D eigenvalue weighted by molar-refractivity contribution is 8.00. The summed E-state index contributed by atoms with van der Waals surface area (Å²) in [7, 11) is 0. The molecule has 2 aromatic rings. The first-order chi connectivity index (χ1) is 11.5. The number of anilines is 1. The van der Waals surface area contributed by atoms with Crippen LogP contribution in [0.3, 0.4) is 0 Å². The zero-order chi connectivity index (χ0) is 17.5. The molecule has 0 fully saturated rings. The molecule has 0 aromatic heterocycles. The molecule has 0 bridgehead atoms. The Morgan fingerprint density at radius 3 is 2.62 bits per heavy atom. The maximum Gasteiger partial charge on any atom is 0.316 e. The highest BCUT2D eigenvalue weighted by atomic mass is 32.2. The highest BCUT2D eigenvalue weighted by Gasteiger charge is 2.11. The van der Waals surface area contributed by atoms with E-state index in [1.807, 2.05) is 26.0 Å². The van der Waals surface area contributed by atoms with Crippen LogP contribution < -0.4 is 5.32 Å². The average Bonchev–Trinajstić information content (AvgIpc) is 2.56. The number of amides is 1. The minimum absolute atomic E-state index is 0.0579. The Hall–Kier alpha value is -2.34. The Labute approximate surface area is 144 Å². The van der Waals surface area contributed by atoms with Crippen molar-refractivity contribution in [3.05, 3.63) is 59.4 Å². The summed E-state index contributed by atoms with van der Waals surface area (Å²) in [6, 6.07) is 11.8. The summed E-state index contributed by atoms with van der Waals surface area (Å²) in [6.45, 7) is 3.48. The van der Waals surface area contributed by atoms with Gasteiger partial charge in [0.1, 0.15) is 5.82 Å². The molecule has 0 spiro atoms. The van der Waals surface area contributed by atoms with Crippen molar-refractivity contribution >= 4 is 29.3 Å². The van der Waals surface area contributed by atoms with Crippen molar-refractivity contribution in [2.75, 3.05) is 17.7 Å². The minimum atomic E-state index is -0.570. The van der Waals surface area contributed by atoms with Crippen LogP contribution in [0, 0.1) is 19.7 Å². The Morgan fingerprint density at radius 1 is 1.12 bits per heavy atom. The van der Waals surface area contributed by atoms with Crippen LogP contribution in [-0.4, -0.2) is 24.2 Å². The number of benzene rings is 2. The molecule has 0 aliphatic carbocycles. The van der Waals surface area contributed by atoms with Gasteiger partial charge in [-0.1, -0.05) is 24.3 Å². The van der Waals surface area contributed by atoms with Crippen molar-refractivity contribution in [2.24, 2.45) is 0 Å². The molecule has 0 unspecified atom stereocenters. The van der Waals surface area contributed by atoms with Crippen LogP contribution in [0.2, 0.25) is 0 Å². The van der Waals surface area contributed by atoms with Gasteiger partial charge in [0, 0.05) is 10.6 Å². The summed E-state index contributed by atoms with van der Waals surface area (Å²) >= 11 is 1.03. The van der Waals surface area contributed by atoms with Crippen molar-refractivity contribution in [1.29, 1.82) is 0 Å². The molecule has 0 radical (unpaired) electrons. The van der Waals surface area contributed by atoms with Gasteiger partial charge in [-0.05, 0) is 43.2 Å². The van der Waals surface area contributed by atoms with E-state index in [-0.39, 0.29) is 18.2 Å². The van der Waals surface area contributed by atoms with Gasteiger partial charge in [-0.3, -0.25) is 9.59 Å². The molecule has 126 valence electrons. The van der Waals surface area contributed by atoms with Gasteiger partial charge in [-0.25, -0.2) is 4.39 Å². The Morgan fingerprint density at radius 2 is 1.88 bits per heavy atom. The molecule has 2 rings (SSSR count). The number of aryl methyl sites for hydroxylation is 1. The van der Waals surface area contributed by atoms with Crippen LogP contribution in [0.4, 0.5) is 10.1 Å². The van der Waals surface area contributed by atoms with Gasteiger partial charge in [-0.2, -0.15) is 0 Å². The lowest BCUT2D eigenvalue weighted by molar-refractivity contribution is -0.144. The largest absolute Gasteiger partial charge is 0.455 e. The lowest BCUT2D eigenvalue weighted by Crippen LogP contribution is -2.22. The summed E-state index contributed by atoms with van der Waals surface area (Å²) in [5.74, 6) is -1.42. The van der Waals surface area contributed by atoms with Gasteiger partial charge in [-0.15, -0.1) is 11.8 Å². The van der Waals surface area contributed by atoms with Gasteiger partial charge >= 0.3 is 5.97 Å². The second-order valence-corrected chi connectivity index (χ2v) is 6.19. The smallest absolute Gasteiger partial charge is 0.316 e. The van der Waals surface area contributed by atoms with Crippen molar-refractivity contribution in [3.63, 3.8) is 0 Å². The molecule has 4 nitrogen and oxygen atoms in total. The molecular weight excluding hydrogens is 329 g/mol. The molecule has 0 aliphatic rings. The number of hydrogen-bond acceptors (Lipinski definition) is 4. The van der Waals surface area contributed by atoms with Crippen molar-refractivity contribution in [2.45, 2.75) is 18.7 Å². The Kier molecular flexibility index (Phi) is 6.37. The molecule has 0 heterocycles. The molecule has 1 amide bonds. The molecule has 24 heavy (non-hydrogen) atoms. The number of hydrogen-bond donors (Lipinski definition) is 1. The summed E-state index contributed by atoms with van der Waals surface area (Å²) in [5, 5.41) is 2.71. The standard InChI is InChI=1S/C18H18FNO3S/c1-12-6-5-8-15(13(12)2)20-17(21)10-23-18(22)11-24-16-9-4-3-7-14(16)19/h3-9H,10-11H2,1-2H3,(H,20,21). The van der Waals surface area contributed by atoms with Gasteiger partial charge < -0.3 is 10.1 Å². The molecule has 6 heteroatoms. The maximum atomic E-state index is 13.4. The number of rotatable bonds is 6. The first kappa shape index (κ1) is 18.0. The first-order valence-corrected chi connectivity index (χ1v) is 8.35. The van der Waals surface area contributed by atoms with Gasteiger partial charge in [0.15, 0.2) is 6.61 Å². The zero-order valence-corrected chi connectivity index (χ0v) is 14.3. The fourth-order valence-corrected chi connectivity index (χ4v) is 2.70. The molecule has 2 aromatic carbocycles. The molecular formula is C18H18FNO3S. The third kappa shape index (κ3) is 5.09. The zero-order valence-electron chi connectivity index (χ0n) is 13.5. The summed E-state index contributed by atoms with van der Waals surface area (Å²) in [5.41, 5.74) is 2.72. The van der Waals surface area contributed by atoms with Gasteiger partial charge in [0.05, 0.1) is 5.75 Å². The molecule has 0 atom stereocenters. The number of ether oxygens (including phenoxy) is 1. The summed E-state index contributed by atoms with van der Waals surface area (Å²) < 4.78 is 18.3. The summed E-state index contributed by atoms with van der Waals surface area (Å²) in [6.07, 6.45) is 0. The van der Waals surface area contributed by atoms with E-state index in [1.54, 1.807) is 24.3 Å². The number of halogens is 1. The first-order valence-electron chi connectivity index (χ1n) is 7.36. The number of nitrogens with one attached hydrogen (secondary N) is 1. The van der Waals surface area contributed by atoms with E-state index in [0.29, 0.717) is 10.6 Å². The van der Waals surface area contributed by atoms with E-state index in [9.17, 15) is 14.0 Å². The van der Waals surface area contributed by atoms with E-state index < -0.39 is 11.9 Å². The number of carbonyl (C=O) groups is 2. The molecule has 0 saturated carbocycles. The Bertz CT molecular complexity index is 749. The highest BCUT2D eigenvalue weighted by Crippen LogP contribution is 2.21. The summed E-state index contributed by atoms with van der Waals surface area (Å²) in [4.78, 5) is 23.9. The van der Waals surface area contributed by atoms with Crippen molar-refractivity contribution in [3.8, 4) is 0 Å². The second-order valence-electron chi connectivity index (χ2n) is 5.18. The Balaban J connectivity index is 1.78. The van der Waals surface area contributed by atoms with Crippen LogP contribution in [-0.2, 0) is 14.3 Å². The predicted molar refractivity (Wildman–Crippen MR) is 92.6 cm³/mol. The average molecular weight is 347 g/mol. The number of esters is 1. The van der Waals surface area contributed by atoms with Gasteiger partial charge in [0.25, 0.3) is 5.91 Å². The van der Waals surface area contributed by atoms with E-state index in [2.05, 4.69) is 5.32 Å². The van der Waals surface area contributed by atoms with E-state index in [1.165, 1.54) is 6.07 Å². The number of thioether (sulfide) groups is 1. The lowest BCUT2D eigenvalue weighted by atomic mass is 10.1.